The molecule has 0 spiro atoms. The van der Waals surface area contributed by atoms with Crippen LogP contribution in [0.15, 0.2) is 29.3 Å². The first kappa shape index (κ1) is 10.0. The van der Waals surface area contributed by atoms with E-state index in [1.165, 1.54) is 11.8 Å². The van der Waals surface area contributed by atoms with Crippen LogP contribution in [0.4, 0.5) is 11.4 Å². The summed E-state index contributed by atoms with van der Waals surface area (Å²) in [6, 6.07) is 7.25. The van der Waals surface area contributed by atoms with Crippen LogP contribution < -0.4 is 5.73 Å². The highest BCUT2D eigenvalue weighted by atomic mass is 32.2. The number of nitrogen functional groups attached to an aromatic ring is 1. The largest absolute Gasteiger partial charge is 0.399 e. The highest BCUT2D eigenvalue weighted by Gasteiger charge is 2.23. The zero-order chi connectivity index (χ0) is 10.8. The van der Waals surface area contributed by atoms with Gasteiger partial charge in [-0.2, -0.15) is 0 Å². The molecule has 0 aliphatic carbocycles. The average Bonchev–Trinajstić information content (AvgIpc) is 2.53. The second kappa shape index (κ2) is 3.94. The summed E-state index contributed by atoms with van der Waals surface area (Å²) in [5.74, 6) is 0.568. The molecule has 1 aliphatic rings. The average molecular weight is 221 g/mol. The number of aliphatic imine (C=N–C) groups is 1. The highest BCUT2D eigenvalue weighted by molar-refractivity contribution is 8.15. The van der Waals surface area contributed by atoms with E-state index in [4.69, 9.17) is 5.73 Å². The smallest absolute Gasteiger partial charge is 0.238 e. The second-order valence-electron chi connectivity index (χ2n) is 3.23. The molecule has 4 nitrogen and oxygen atoms in total. The minimum Gasteiger partial charge on any atom is -0.399 e. The van der Waals surface area contributed by atoms with Crippen molar-refractivity contribution in [1.82, 2.24) is 4.90 Å². The fraction of sp³-hybridized carbons (Fsp3) is 0.200. The summed E-state index contributed by atoms with van der Waals surface area (Å²) in [5.41, 5.74) is 7.09. The number of amides is 1. The van der Waals surface area contributed by atoms with Gasteiger partial charge in [0.1, 0.15) is 0 Å². The molecule has 0 atom stereocenters. The molecule has 1 aromatic carbocycles. The van der Waals surface area contributed by atoms with Crippen molar-refractivity contribution in [3.8, 4) is 0 Å². The van der Waals surface area contributed by atoms with Gasteiger partial charge in [0.25, 0.3) is 0 Å². The zero-order valence-electron chi connectivity index (χ0n) is 8.30. The summed E-state index contributed by atoms with van der Waals surface area (Å²) < 4.78 is 0. The third kappa shape index (κ3) is 2.12. The van der Waals surface area contributed by atoms with Crippen LogP contribution in [0.3, 0.4) is 0 Å². The molecule has 15 heavy (non-hydrogen) atoms. The predicted molar refractivity (Wildman–Crippen MR) is 63.2 cm³/mol. The number of benzene rings is 1. The third-order valence-corrected chi connectivity index (χ3v) is 3.12. The Morgan fingerprint density at radius 2 is 2.07 bits per heavy atom. The van der Waals surface area contributed by atoms with Crippen LogP contribution in [-0.4, -0.2) is 28.8 Å². The maximum atomic E-state index is 11.2. The lowest BCUT2D eigenvalue weighted by Crippen LogP contribution is -2.24. The van der Waals surface area contributed by atoms with Gasteiger partial charge in [0.15, 0.2) is 5.17 Å². The molecule has 1 saturated heterocycles. The van der Waals surface area contributed by atoms with E-state index in [2.05, 4.69) is 4.99 Å². The van der Waals surface area contributed by atoms with E-state index in [0.717, 1.165) is 10.9 Å². The molecule has 0 radical (unpaired) electrons. The Kier molecular flexibility index (Phi) is 2.64. The van der Waals surface area contributed by atoms with Crippen molar-refractivity contribution in [3.63, 3.8) is 0 Å². The van der Waals surface area contributed by atoms with Gasteiger partial charge in [-0.3, -0.25) is 9.69 Å². The van der Waals surface area contributed by atoms with E-state index < -0.39 is 0 Å². The molecule has 0 bridgehead atoms. The highest BCUT2D eigenvalue weighted by Crippen LogP contribution is 2.22. The number of anilines is 1. The van der Waals surface area contributed by atoms with Gasteiger partial charge in [-0.1, -0.05) is 11.8 Å². The fourth-order valence-corrected chi connectivity index (χ4v) is 2.10. The summed E-state index contributed by atoms with van der Waals surface area (Å²) in [5, 5.41) is 0.741. The van der Waals surface area contributed by atoms with Gasteiger partial charge in [0.2, 0.25) is 5.91 Å². The Morgan fingerprint density at radius 3 is 2.60 bits per heavy atom. The number of hydrogen-bond donors (Lipinski definition) is 1. The molecular weight excluding hydrogens is 210 g/mol. The fourth-order valence-electron chi connectivity index (χ4n) is 1.19. The van der Waals surface area contributed by atoms with E-state index in [-0.39, 0.29) is 5.91 Å². The monoisotopic (exact) mass is 221 g/mol. The first-order valence-electron chi connectivity index (χ1n) is 4.50. The van der Waals surface area contributed by atoms with Crippen molar-refractivity contribution < 1.29 is 4.79 Å². The lowest BCUT2D eigenvalue weighted by atomic mass is 10.3. The van der Waals surface area contributed by atoms with Crippen molar-refractivity contribution in [2.45, 2.75) is 0 Å². The zero-order valence-corrected chi connectivity index (χ0v) is 9.12. The summed E-state index contributed by atoms with van der Waals surface area (Å²) in [6.07, 6.45) is 0. The molecule has 1 aliphatic heterocycles. The van der Waals surface area contributed by atoms with Gasteiger partial charge in [-0.25, -0.2) is 4.99 Å². The lowest BCUT2D eigenvalue weighted by molar-refractivity contribution is -0.123. The standard InChI is InChI=1S/C10H11N3OS/c1-13-9(14)6-15-10(13)12-8-4-2-7(11)3-5-8/h2-5H,6,11H2,1H3/b12-10+. The molecule has 2 rings (SSSR count). The molecule has 78 valence electrons. The molecule has 0 unspecified atom stereocenters. The van der Waals surface area contributed by atoms with E-state index in [0.29, 0.717) is 11.4 Å². The number of thioether (sulfide) groups is 1. The van der Waals surface area contributed by atoms with Crippen LogP contribution in [0.5, 0.6) is 0 Å². The maximum Gasteiger partial charge on any atom is 0.238 e. The summed E-state index contributed by atoms with van der Waals surface area (Å²) in [4.78, 5) is 17.2. The molecule has 1 aromatic rings. The topological polar surface area (TPSA) is 58.7 Å². The Bertz CT molecular complexity index is 413. The van der Waals surface area contributed by atoms with Gasteiger partial charge < -0.3 is 5.73 Å². The quantitative estimate of drug-likeness (QED) is 0.730. The van der Waals surface area contributed by atoms with Crippen LogP contribution in [-0.2, 0) is 4.79 Å². The molecule has 5 heteroatoms. The van der Waals surface area contributed by atoms with Gasteiger partial charge >= 0.3 is 0 Å². The first-order chi connectivity index (χ1) is 7.16. The molecule has 0 saturated carbocycles. The van der Waals surface area contributed by atoms with Gasteiger partial charge in [0.05, 0.1) is 11.4 Å². The van der Waals surface area contributed by atoms with E-state index in [1.807, 2.05) is 12.1 Å². The van der Waals surface area contributed by atoms with Crippen LogP contribution in [0, 0.1) is 0 Å². The van der Waals surface area contributed by atoms with Crippen LogP contribution in [0.2, 0.25) is 0 Å². The lowest BCUT2D eigenvalue weighted by Gasteiger charge is -2.07. The Hall–Kier alpha value is -1.49. The Morgan fingerprint density at radius 1 is 1.40 bits per heavy atom. The van der Waals surface area contributed by atoms with Crippen molar-refractivity contribution in [1.29, 1.82) is 0 Å². The molecule has 2 N–H and O–H groups in total. The molecule has 1 heterocycles. The first-order valence-corrected chi connectivity index (χ1v) is 5.49. The number of amidine groups is 1. The number of hydrogen-bond acceptors (Lipinski definition) is 4. The number of carbonyl (C=O) groups excluding carboxylic acids is 1. The van der Waals surface area contributed by atoms with Crippen molar-refractivity contribution in [2.24, 2.45) is 4.99 Å². The maximum absolute atomic E-state index is 11.2. The molecule has 0 aromatic heterocycles. The number of nitrogens with zero attached hydrogens (tertiary/aromatic N) is 2. The number of carbonyl (C=O) groups is 1. The summed E-state index contributed by atoms with van der Waals surface area (Å²) >= 11 is 1.45. The Labute approximate surface area is 92.2 Å². The second-order valence-corrected chi connectivity index (χ2v) is 4.17. The molecule has 1 amide bonds. The Balaban J connectivity index is 2.23. The van der Waals surface area contributed by atoms with Crippen molar-refractivity contribution in [3.05, 3.63) is 24.3 Å². The van der Waals surface area contributed by atoms with Gasteiger partial charge in [-0.15, -0.1) is 0 Å². The number of nitrogens with two attached hydrogens (primary N) is 1. The predicted octanol–water partition coefficient (Wildman–Crippen LogP) is 1.46. The normalized spacial score (nSPS) is 18.9. The van der Waals surface area contributed by atoms with Gasteiger partial charge in [-0.05, 0) is 24.3 Å². The summed E-state index contributed by atoms with van der Waals surface area (Å²) in [6.45, 7) is 0. The van der Waals surface area contributed by atoms with Crippen LogP contribution in [0.25, 0.3) is 0 Å². The molecule has 1 fully saturated rings. The van der Waals surface area contributed by atoms with Crippen LogP contribution in [0.1, 0.15) is 0 Å². The minimum atomic E-state index is 0.0918. The molecular formula is C10H11N3OS. The van der Waals surface area contributed by atoms with E-state index >= 15 is 0 Å². The minimum absolute atomic E-state index is 0.0918. The number of rotatable bonds is 1. The van der Waals surface area contributed by atoms with E-state index in [1.54, 1.807) is 24.1 Å². The van der Waals surface area contributed by atoms with Crippen molar-refractivity contribution in [2.75, 3.05) is 18.5 Å². The van der Waals surface area contributed by atoms with Gasteiger partial charge in [0, 0.05) is 12.7 Å². The summed E-state index contributed by atoms with van der Waals surface area (Å²) in [7, 11) is 1.73. The van der Waals surface area contributed by atoms with E-state index in [9.17, 15) is 4.79 Å². The SMILES string of the molecule is CN1C(=O)CS/C1=N/c1ccc(N)cc1. The van der Waals surface area contributed by atoms with Crippen molar-refractivity contribution >= 4 is 34.2 Å². The third-order valence-electron chi connectivity index (χ3n) is 2.10. The van der Waals surface area contributed by atoms with Crippen LogP contribution >= 0.6 is 11.8 Å².